The molecule has 3 rings (SSSR count). The molecule has 1 aromatic carbocycles. The molecule has 0 aliphatic carbocycles. The van der Waals surface area contributed by atoms with Gasteiger partial charge in [0.2, 0.25) is 0 Å². The van der Waals surface area contributed by atoms with Gasteiger partial charge in [-0.2, -0.15) is 0 Å². The van der Waals surface area contributed by atoms with Crippen LogP contribution in [0.2, 0.25) is 0 Å². The number of imide groups is 1. The van der Waals surface area contributed by atoms with E-state index < -0.39 is 34.4 Å². The van der Waals surface area contributed by atoms with Crippen LogP contribution in [0.3, 0.4) is 0 Å². The molecule has 122 valence electrons. The first-order valence-corrected chi connectivity index (χ1v) is 6.77. The zero-order valence-corrected chi connectivity index (χ0v) is 12.0. The van der Waals surface area contributed by atoms with E-state index >= 15 is 0 Å². The molecule has 0 saturated heterocycles. The fourth-order valence-corrected chi connectivity index (χ4v) is 2.61. The number of aliphatic carboxylic acids is 1. The summed E-state index contributed by atoms with van der Waals surface area (Å²) in [6.45, 7) is 0. The number of aromatic amines is 1. The van der Waals surface area contributed by atoms with Crippen LogP contribution in [0.5, 0.6) is 0 Å². The van der Waals surface area contributed by atoms with Crippen LogP contribution in [0.25, 0.3) is 0 Å². The summed E-state index contributed by atoms with van der Waals surface area (Å²) < 4.78 is 0. The normalized spacial score (nSPS) is 14.6. The molecule has 1 aliphatic heterocycles. The quantitative estimate of drug-likeness (QED) is 0.463. The third-order valence-corrected chi connectivity index (χ3v) is 3.69. The Labute approximate surface area is 133 Å². The maximum absolute atomic E-state index is 12.5. The molecule has 1 unspecified atom stereocenters. The number of carbonyl (C=O) groups is 3. The molecule has 0 fully saturated rings. The number of fused-ring (bicyclic) bond motifs is 1. The topological polar surface area (TPSA) is 146 Å². The van der Waals surface area contributed by atoms with Crippen LogP contribution < -0.4 is 0 Å². The van der Waals surface area contributed by atoms with Gasteiger partial charge in [-0.25, -0.2) is 9.78 Å². The summed E-state index contributed by atoms with van der Waals surface area (Å²) in [7, 11) is 0. The van der Waals surface area contributed by atoms with Crippen molar-refractivity contribution in [1.29, 1.82) is 0 Å². The number of aromatic nitrogens is 2. The number of carboxylic acids is 1. The fourth-order valence-electron chi connectivity index (χ4n) is 2.61. The van der Waals surface area contributed by atoms with Gasteiger partial charge in [-0.1, -0.05) is 6.07 Å². The molecule has 0 bridgehead atoms. The average Bonchev–Trinajstić information content (AvgIpc) is 3.13. The summed E-state index contributed by atoms with van der Waals surface area (Å²) in [6, 6.07) is 2.13. The highest BCUT2D eigenvalue weighted by molar-refractivity contribution is 6.24. The van der Waals surface area contributed by atoms with E-state index in [0.29, 0.717) is 10.6 Å². The molecule has 1 aromatic heterocycles. The second-order valence-corrected chi connectivity index (χ2v) is 5.07. The van der Waals surface area contributed by atoms with Crippen molar-refractivity contribution in [3.63, 3.8) is 0 Å². The molecule has 0 saturated carbocycles. The summed E-state index contributed by atoms with van der Waals surface area (Å²) in [4.78, 5) is 53.8. The van der Waals surface area contributed by atoms with Gasteiger partial charge < -0.3 is 10.1 Å². The Morgan fingerprint density at radius 3 is 2.71 bits per heavy atom. The fraction of sp³-hybridized carbons (Fsp3) is 0.143. The predicted octanol–water partition coefficient (Wildman–Crippen LogP) is 0.610. The zero-order valence-electron chi connectivity index (χ0n) is 12.0. The molecular weight excluding hydrogens is 320 g/mol. The lowest BCUT2D eigenvalue weighted by Crippen LogP contribution is -2.46. The molecule has 10 heteroatoms. The number of hydrogen-bond acceptors (Lipinski definition) is 6. The number of amides is 2. The molecule has 1 atom stereocenters. The van der Waals surface area contributed by atoms with Crippen LogP contribution in [-0.2, 0) is 11.2 Å². The molecule has 2 aromatic rings. The van der Waals surface area contributed by atoms with Crippen LogP contribution in [0, 0.1) is 10.1 Å². The standard InChI is InChI=1S/C14H10N4O6/c19-12-8-2-1-3-9(18(23)24)11(8)13(20)17(12)10(14(21)22)4-7-5-15-6-16-7/h1-3,5-6,10H,4H2,(H,15,16)(H,21,22). The highest BCUT2D eigenvalue weighted by Gasteiger charge is 2.46. The Kier molecular flexibility index (Phi) is 3.56. The van der Waals surface area contributed by atoms with Crippen LogP contribution in [0.1, 0.15) is 26.4 Å². The maximum Gasteiger partial charge on any atom is 0.327 e. The predicted molar refractivity (Wildman–Crippen MR) is 77.3 cm³/mol. The minimum Gasteiger partial charge on any atom is -0.480 e. The van der Waals surface area contributed by atoms with Crippen molar-refractivity contribution in [2.45, 2.75) is 12.5 Å². The summed E-state index contributed by atoms with van der Waals surface area (Å²) in [5.74, 6) is -3.26. The van der Waals surface area contributed by atoms with Crippen LogP contribution in [0.15, 0.2) is 30.7 Å². The van der Waals surface area contributed by atoms with Gasteiger partial charge in [0.1, 0.15) is 11.6 Å². The first kappa shape index (κ1) is 15.3. The van der Waals surface area contributed by atoms with Crippen molar-refractivity contribution in [3.05, 3.63) is 57.7 Å². The summed E-state index contributed by atoms with van der Waals surface area (Å²) in [5.41, 5.74) is -0.680. The third kappa shape index (κ3) is 2.29. The molecular formula is C14H10N4O6. The van der Waals surface area contributed by atoms with Gasteiger partial charge in [-0.05, 0) is 6.07 Å². The lowest BCUT2D eigenvalue weighted by Gasteiger charge is -2.21. The Morgan fingerprint density at radius 2 is 2.12 bits per heavy atom. The number of nitro benzene ring substituents is 1. The number of benzene rings is 1. The summed E-state index contributed by atoms with van der Waals surface area (Å²) in [5, 5.41) is 20.5. The Bertz CT molecular complexity index is 860. The van der Waals surface area contributed by atoms with Crippen molar-refractivity contribution < 1.29 is 24.4 Å². The lowest BCUT2D eigenvalue weighted by atomic mass is 10.1. The van der Waals surface area contributed by atoms with E-state index in [1.54, 1.807) is 0 Å². The Balaban J connectivity index is 2.04. The van der Waals surface area contributed by atoms with Gasteiger partial charge in [0.25, 0.3) is 17.5 Å². The van der Waals surface area contributed by atoms with E-state index in [9.17, 15) is 29.6 Å². The molecule has 24 heavy (non-hydrogen) atoms. The van der Waals surface area contributed by atoms with Gasteiger partial charge in [-0.15, -0.1) is 0 Å². The highest BCUT2D eigenvalue weighted by atomic mass is 16.6. The van der Waals surface area contributed by atoms with E-state index in [2.05, 4.69) is 9.97 Å². The average molecular weight is 330 g/mol. The number of H-pyrrole nitrogens is 1. The smallest absolute Gasteiger partial charge is 0.327 e. The number of carboxylic acid groups (broad SMARTS) is 1. The number of nitrogens with one attached hydrogen (secondary N) is 1. The Morgan fingerprint density at radius 1 is 1.38 bits per heavy atom. The van der Waals surface area contributed by atoms with Crippen molar-refractivity contribution >= 4 is 23.5 Å². The highest BCUT2D eigenvalue weighted by Crippen LogP contribution is 2.32. The first-order valence-electron chi connectivity index (χ1n) is 6.77. The van der Waals surface area contributed by atoms with Gasteiger partial charge in [-0.3, -0.25) is 24.6 Å². The number of rotatable bonds is 5. The number of carbonyl (C=O) groups excluding carboxylic acids is 2. The van der Waals surface area contributed by atoms with Crippen molar-refractivity contribution in [3.8, 4) is 0 Å². The summed E-state index contributed by atoms with van der Waals surface area (Å²) >= 11 is 0. The number of nitro groups is 1. The molecule has 0 radical (unpaired) electrons. The van der Waals surface area contributed by atoms with Gasteiger partial charge in [0.15, 0.2) is 0 Å². The number of imidazole rings is 1. The molecule has 2 heterocycles. The van der Waals surface area contributed by atoms with Crippen molar-refractivity contribution in [1.82, 2.24) is 14.9 Å². The SMILES string of the molecule is O=C(O)C(Cc1cnc[nH]1)N1C(=O)c2cccc([N+](=O)[O-])c2C1=O. The third-order valence-electron chi connectivity index (χ3n) is 3.69. The maximum atomic E-state index is 12.5. The van der Waals surface area contributed by atoms with E-state index in [1.165, 1.54) is 24.7 Å². The summed E-state index contributed by atoms with van der Waals surface area (Å²) in [6.07, 6.45) is 2.52. The van der Waals surface area contributed by atoms with E-state index in [4.69, 9.17) is 0 Å². The molecule has 0 spiro atoms. The van der Waals surface area contributed by atoms with Crippen LogP contribution >= 0.6 is 0 Å². The van der Waals surface area contributed by atoms with E-state index in [-0.39, 0.29) is 17.5 Å². The molecule has 10 nitrogen and oxygen atoms in total. The lowest BCUT2D eigenvalue weighted by molar-refractivity contribution is -0.385. The van der Waals surface area contributed by atoms with E-state index in [1.807, 2.05) is 0 Å². The van der Waals surface area contributed by atoms with Crippen molar-refractivity contribution in [2.75, 3.05) is 0 Å². The first-order chi connectivity index (χ1) is 11.4. The van der Waals surface area contributed by atoms with E-state index in [0.717, 1.165) is 6.07 Å². The minimum absolute atomic E-state index is 0.176. The van der Waals surface area contributed by atoms with Crippen LogP contribution in [0.4, 0.5) is 5.69 Å². The second kappa shape index (κ2) is 5.57. The largest absolute Gasteiger partial charge is 0.480 e. The zero-order chi connectivity index (χ0) is 17.4. The second-order valence-electron chi connectivity index (χ2n) is 5.07. The Hall–Kier alpha value is -3.56. The van der Waals surface area contributed by atoms with Gasteiger partial charge in [0, 0.05) is 24.4 Å². The molecule has 1 aliphatic rings. The van der Waals surface area contributed by atoms with Gasteiger partial charge in [0.05, 0.1) is 16.8 Å². The number of nitrogens with zero attached hydrogens (tertiary/aromatic N) is 3. The molecule has 2 amide bonds. The van der Waals surface area contributed by atoms with Crippen molar-refractivity contribution in [2.24, 2.45) is 0 Å². The minimum atomic E-state index is -1.50. The van der Waals surface area contributed by atoms with Crippen LogP contribution in [-0.4, -0.2) is 48.7 Å². The number of hydrogen-bond donors (Lipinski definition) is 2. The monoisotopic (exact) mass is 330 g/mol. The molecule has 2 N–H and O–H groups in total. The van der Waals surface area contributed by atoms with Gasteiger partial charge >= 0.3 is 5.97 Å².